The largest absolute Gasteiger partial charge is 0.504 e. The van der Waals surface area contributed by atoms with Crippen molar-refractivity contribution in [2.24, 2.45) is 5.92 Å². The van der Waals surface area contributed by atoms with Crippen LogP contribution in [-0.2, 0) is 0 Å². The number of benzene rings is 1. The minimum atomic E-state index is 0.195. The molecule has 0 fully saturated rings. The monoisotopic (exact) mass is 251 g/mol. The third kappa shape index (κ3) is 3.64. The van der Waals surface area contributed by atoms with Gasteiger partial charge in [0, 0.05) is 12.6 Å². The Morgan fingerprint density at radius 2 is 1.94 bits per heavy atom. The Morgan fingerprint density at radius 1 is 1.28 bits per heavy atom. The van der Waals surface area contributed by atoms with Gasteiger partial charge < -0.3 is 9.84 Å². The molecule has 0 saturated carbocycles. The molecule has 1 aromatic rings. The minimum Gasteiger partial charge on any atom is -0.504 e. The molecule has 0 aliphatic rings. The van der Waals surface area contributed by atoms with E-state index in [-0.39, 0.29) is 5.75 Å². The highest BCUT2D eigenvalue weighted by atomic mass is 16.5. The molecule has 0 aliphatic heterocycles. The molecule has 18 heavy (non-hydrogen) atoms. The topological polar surface area (TPSA) is 32.7 Å². The highest BCUT2D eigenvalue weighted by molar-refractivity contribution is 5.42. The summed E-state index contributed by atoms with van der Waals surface area (Å²) in [5.41, 5.74) is 1.17. The van der Waals surface area contributed by atoms with Crippen molar-refractivity contribution in [2.45, 2.75) is 33.7 Å². The van der Waals surface area contributed by atoms with Gasteiger partial charge in [-0.3, -0.25) is 4.90 Å². The lowest BCUT2D eigenvalue weighted by Crippen LogP contribution is -2.30. The number of rotatable bonds is 6. The lowest BCUT2D eigenvalue weighted by Gasteiger charge is -2.30. The predicted molar refractivity (Wildman–Crippen MR) is 75.2 cm³/mol. The molecule has 0 heterocycles. The summed E-state index contributed by atoms with van der Waals surface area (Å²) in [7, 11) is 1.58. The van der Waals surface area contributed by atoms with Crippen molar-refractivity contribution in [2.75, 3.05) is 20.2 Å². The normalized spacial score (nSPS) is 13.1. The highest BCUT2D eigenvalue weighted by Crippen LogP contribution is 2.31. The van der Waals surface area contributed by atoms with Crippen LogP contribution in [0.4, 0.5) is 0 Å². The Hall–Kier alpha value is -1.22. The van der Waals surface area contributed by atoms with E-state index in [0.717, 1.165) is 13.1 Å². The summed E-state index contributed by atoms with van der Waals surface area (Å²) in [4.78, 5) is 2.43. The van der Waals surface area contributed by atoms with Crippen LogP contribution in [0.1, 0.15) is 39.3 Å². The molecule has 0 aliphatic carbocycles. The first kappa shape index (κ1) is 14.8. The van der Waals surface area contributed by atoms with E-state index in [2.05, 4.69) is 32.6 Å². The maximum absolute atomic E-state index is 9.62. The number of aromatic hydroxyl groups is 1. The zero-order chi connectivity index (χ0) is 13.7. The lowest BCUT2D eigenvalue weighted by atomic mass is 10.0. The van der Waals surface area contributed by atoms with Gasteiger partial charge in [-0.05, 0) is 37.1 Å². The van der Waals surface area contributed by atoms with Gasteiger partial charge >= 0.3 is 0 Å². The maximum atomic E-state index is 9.62. The SMILES string of the molecule is CCN(CC(C)C)C(C)c1ccc(O)c(OC)c1. The summed E-state index contributed by atoms with van der Waals surface area (Å²) in [6.45, 7) is 10.9. The lowest BCUT2D eigenvalue weighted by molar-refractivity contribution is 0.197. The molecule has 1 unspecified atom stereocenters. The number of hydrogen-bond acceptors (Lipinski definition) is 3. The van der Waals surface area contributed by atoms with Crippen LogP contribution in [0, 0.1) is 5.92 Å². The molecular weight excluding hydrogens is 226 g/mol. The third-order valence-corrected chi connectivity index (χ3v) is 3.24. The molecule has 3 nitrogen and oxygen atoms in total. The molecule has 0 saturated heterocycles. The van der Waals surface area contributed by atoms with Crippen LogP contribution >= 0.6 is 0 Å². The standard InChI is InChI=1S/C15H25NO2/c1-6-16(10-11(2)3)12(4)13-7-8-14(17)15(9-13)18-5/h7-9,11-12,17H,6,10H2,1-5H3. The van der Waals surface area contributed by atoms with E-state index >= 15 is 0 Å². The second-order valence-electron chi connectivity index (χ2n) is 5.09. The zero-order valence-corrected chi connectivity index (χ0v) is 12.1. The van der Waals surface area contributed by atoms with E-state index in [1.165, 1.54) is 5.56 Å². The van der Waals surface area contributed by atoms with Gasteiger partial charge in [-0.25, -0.2) is 0 Å². The number of nitrogens with zero attached hydrogens (tertiary/aromatic N) is 1. The fourth-order valence-electron chi connectivity index (χ4n) is 2.19. The number of methoxy groups -OCH3 is 1. The van der Waals surface area contributed by atoms with E-state index in [0.29, 0.717) is 17.7 Å². The van der Waals surface area contributed by atoms with Gasteiger partial charge in [0.25, 0.3) is 0 Å². The second-order valence-corrected chi connectivity index (χ2v) is 5.09. The third-order valence-electron chi connectivity index (χ3n) is 3.24. The molecule has 0 radical (unpaired) electrons. The van der Waals surface area contributed by atoms with Gasteiger partial charge in [-0.2, -0.15) is 0 Å². The smallest absolute Gasteiger partial charge is 0.160 e. The van der Waals surface area contributed by atoms with Crippen molar-refractivity contribution in [1.82, 2.24) is 4.90 Å². The zero-order valence-electron chi connectivity index (χ0n) is 12.1. The van der Waals surface area contributed by atoms with Crippen molar-refractivity contribution in [1.29, 1.82) is 0 Å². The average Bonchev–Trinajstić information content (AvgIpc) is 2.35. The maximum Gasteiger partial charge on any atom is 0.160 e. The van der Waals surface area contributed by atoms with Crippen LogP contribution in [0.15, 0.2) is 18.2 Å². The first-order valence-electron chi connectivity index (χ1n) is 6.60. The Balaban J connectivity index is 2.90. The molecule has 1 N–H and O–H groups in total. The van der Waals surface area contributed by atoms with E-state index < -0.39 is 0 Å². The summed E-state index contributed by atoms with van der Waals surface area (Å²) in [6, 6.07) is 5.91. The number of phenolic OH excluding ortho intramolecular Hbond substituents is 1. The van der Waals surface area contributed by atoms with Gasteiger partial charge in [0.1, 0.15) is 0 Å². The van der Waals surface area contributed by atoms with Gasteiger partial charge in [-0.1, -0.05) is 26.8 Å². The summed E-state index contributed by atoms with van der Waals surface area (Å²) in [5.74, 6) is 1.38. The molecule has 102 valence electrons. The molecule has 0 spiro atoms. The van der Waals surface area contributed by atoms with Crippen LogP contribution in [0.2, 0.25) is 0 Å². The van der Waals surface area contributed by atoms with E-state index in [4.69, 9.17) is 4.74 Å². The molecular formula is C15H25NO2. The Bertz CT molecular complexity index is 377. The molecule has 1 rings (SSSR count). The van der Waals surface area contributed by atoms with Crippen LogP contribution < -0.4 is 4.74 Å². The number of phenols is 1. The summed E-state index contributed by atoms with van der Waals surface area (Å²) >= 11 is 0. The van der Waals surface area contributed by atoms with Gasteiger partial charge in [0.05, 0.1) is 7.11 Å². The molecule has 0 amide bonds. The van der Waals surface area contributed by atoms with Crippen molar-refractivity contribution < 1.29 is 9.84 Å². The van der Waals surface area contributed by atoms with Crippen LogP contribution in [0.3, 0.4) is 0 Å². The fourth-order valence-corrected chi connectivity index (χ4v) is 2.19. The van der Waals surface area contributed by atoms with E-state index in [1.807, 2.05) is 12.1 Å². The molecule has 1 atom stereocenters. The number of ether oxygens (including phenoxy) is 1. The quantitative estimate of drug-likeness (QED) is 0.840. The van der Waals surface area contributed by atoms with Crippen LogP contribution in [-0.4, -0.2) is 30.2 Å². The van der Waals surface area contributed by atoms with Crippen molar-refractivity contribution in [3.63, 3.8) is 0 Å². The minimum absolute atomic E-state index is 0.195. The van der Waals surface area contributed by atoms with Crippen molar-refractivity contribution in [3.05, 3.63) is 23.8 Å². The summed E-state index contributed by atoms with van der Waals surface area (Å²) in [6.07, 6.45) is 0. The van der Waals surface area contributed by atoms with E-state index in [1.54, 1.807) is 13.2 Å². The van der Waals surface area contributed by atoms with Crippen molar-refractivity contribution in [3.8, 4) is 11.5 Å². The van der Waals surface area contributed by atoms with Crippen molar-refractivity contribution >= 4 is 0 Å². The Morgan fingerprint density at radius 3 is 2.44 bits per heavy atom. The van der Waals surface area contributed by atoms with Gasteiger partial charge in [0.15, 0.2) is 11.5 Å². The summed E-state index contributed by atoms with van der Waals surface area (Å²) < 4.78 is 5.16. The molecule has 3 heteroatoms. The van der Waals surface area contributed by atoms with Crippen LogP contribution in [0.5, 0.6) is 11.5 Å². The molecule has 1 aromatic carbocycles. The second kappa shape index (κ2) is 6.64. The molecule has 0 aromatic heterocycles. The summed E-state index contributed by atoms with van der Waals surface area (Å²) in [5, 5.41) is 9.62. The predicted octanol–water partition coefficient (Wildman–Crippen LogP) is 3.44. The Kier molecular flexibility index (Phi) is 5.48. The average molecular weight is 251 g/mol. The van der Waals surface area contributed by atoms with Gasteiger partial charge in [-0.15, -0.1) is 0 Å². The molecule has 0 bridgehead atoms. The first-order valence-corrected chi connectivity index (χ1v) is 6.60. The number of hydrogen-bond donors (Lipinski definition) is 1. The Labute approximate surface area is 110 Å². The van der Waals surface area contributed by atoms with Crippen LogP contribution in [0.25, 0.3) is 0 Å². The fraction of sp³-hybridized carbons (Fsp3) is 0.600. The van der Waals surface area contributed by atoms with E-state index in [9.17, 15) is 5.11 Å². The highest BCUT2D eigenvalue weighted by Gasteiger charge is 2.16. The first-order chi connectivity index (χ1) is 8.49. The van der Waals surface area contributed by atoms with Gasteiger partial charge in [0.2, 0.25) is 0 Å².